The van der Waals surface area contributed by atoms with E-state index in [0.717, 1.165) is 30.0 Å². The van der Waals surface area contributed by atoms with Crippen molar-refractivity contribution >= 4 is 17.5 Å². The van der Waals surface area contributed by atoms with E-state index in [2.05, 4.69) is 22.0 Å². The zero-order chi connectivity index (χ0) is 11.4. The Morgan fingerprint density at radius 2 is 2.00 bits per heavy atom. The van der Waals surface area contributed by atoms with Crippen LogP contribution in [-0.2, 0) is 4.79 Å². The minimum atomic E-state index is 0.747. The summed E-state index contributed by atoms with van der Waals surface area (Å²) in [6.45, 7) is 4.12. The zero-order valence-corrected chi connectivity index (χ0v) is 9.57. The summed E-state index contributed by atoms with van der Waals surface area (Å²) in [6, 6.07) is 6.05. The SMILES string of the molecule is Cc1ccc(N2CCCCC2)c(N=C=O)c1. The summed E-state index contributed by atoms with van der Waals surface area (Å²) in [7, 11) is 0. The monoisotopic (exact) mass is 216 g/mol. The molecule has 1 aromatic rings. The fourth-order valence-electron chi connectivity index (χ4n) is 2.17. The molecule has 0 amide bonds. The third-order valence-electron chi connectivity index (χ3n) is 2.99. The van der Waals surface area contributed by atoms with Crippen LogP contribution in [0.15, 0.2) is 23.2 Å². The first kappa shape index (κ1) is 10.9. The molecule has 0 bridgehead atoms. The van der Waals surface area contributed by atoms with Crippen molar-refractivity contribution in [2.24, 2.45) is 4.99 Å². The van der Waals surface area contributed by atoms with Crippen LogP contribution in [0.3, 0.4) is 0 Å². The lowest BCUT2D eigenvalue weighted by Gasteiger charge is -2.29. The minimum absolute atomic E-state index is 0.747. The molecule has 0 atom stereocenters. The standard InChI is InChI=1S/C13H16N2O/c1-11-5-6-13(12(9-11)14-10-16)15-7-3-2-4-8-15/h5-6,9H,2-4,7-8H2,1H3. The number of benzene rings is 1. The largest absolute Gasteiger partial charge is 0.370 e. The molecule has 3 nitrogen and oxygen atoms in total. The van der Waals surface area contributed by atoms with Gasteiger partial charge < -0.3 is 4.90 Å². The predicted octanol–water partition coefficient (Wildman–Crippen LogP) is 2.95. The molecule has 1 aromatic carbocycles. The van der Waals surface area contributed by atoms with Crippen LogP contribution in [0.5, 0.6) is 0 Å². The predicted molar refractivity (Wildman–Crippen MR) is 65.0 cm³/mol. The van der Waals surface area contributed by atoms with Crippen molar-refractivity contribution in [1.82, 2.24) is 0 Å². The Balaban J connectivity index is 2.34. The summed E-state index contributed by atoms with van der Waals surface area (Å²) < 4.78 is 0. The Bertz CT molecular complexity index is 416. The molecule has 0 aromatic heterocycles. The number of carbonyl (C=O) groups excluding carboxylic acids is 1. The van der Waals surface area contributed by atoms with Crippen molar-refractivity contribution in [3.05, 3.63) is 23.8 Å². The second-order valence-electron chi connectivity index (χ2n) is 4.24. The smallest absolute Gasteiger partial charge is 0.240 e. The Morgan fingerprint density at radius 3 is 2.69 bits per heavy atom. The van der Waals surface area contributed by atoms with Gasteiger partial charge >= 0.3 is 0 Å². The Hall–Kier alpha value is -1.60. The van der Waals surface area contributed by atoms with E-state index in [1.807, 2.05) is 13.0 Å². The lowest BCUT2D eigenvalue weighted by atomic mass is 10.1. The average Bonchev–Trinajstić information content (AvgIpc) is 2.31. The van der Waals surface area contributed by atoms with Gasteiger partial charge in [-0.25, -0.2) is 4.79 Å². The number of piperidine rings is 1. The number of hydrogen-bond acceptors (Lipinski definition) is 3. The Kier molecular flexibility index (Phi) is 3.37. The molecule has 1 aliphatic heterocycles. The van der Waals surface area contributed by atoms with Crippen LogP contribution >= 0.6 is 0 Å². The maximum absolute atomic E-state index is 10.4. The normalized spacial score (nSPS) is 15.7. The Morgan fingerprint density at radius 1 is 1.25 bits per heavy atom. The number of isocyanates is 1. The van der Waals surface area contributed by atoms with E-state index in [4.69, 9.17) is 0 Å². The number of aryl methyl sites for hydroxylation is 1. The molecule has 1 heterocycles. The number of anilines is 1. The molecule has 84 valence electrons. The summed E-state index contributed by atoms with van der Waals surface area (Å²) in [4.78, 5) is 16.5. The number of rotatable bonds is 2. The molecule has 0 aliphatic carbocycles. The first-order chi connectivity index (χ1) is 7.81. The van der Waals surface area contributed by atoms with E-state index in [0.29, 0.717) is 0 Å². The highest BCUT2D eigenvalue weighted by Gasteiger charge is 2.14. The van der Waals surface area contributed by atoms with Crippen LogP contribution < -0.4 is 4.90 Å². The molecule has 0 N–H and O–H groups in total. The number of aliphatic imine (C=N–C) groups is 1. The maximum atomic E-state index is 10.4. The molecular weight excluding hydrogens is 200 g/mol. The molecule has 1 saturated heterocycles. The van der Waals surface area contributed by atoms with Crippen molar-refractivity contribution in [3.8, 4) is 0 Å². The third kappa shape index (κ3) is 2.31. The van der Waals surface area contributed by atoms with E-state index in [9.17, 15) is 4.79 Å². The van der Waals surface area contributed by atoms with E-state index >= 15 is 0 Å². The van der Waals surface area contributed by atoms with E-state index < -0.39 is 0 Å². The molecular formula is C13H16N2O. The molecule has 2 rings (SSSR count). The summed E-state index contributed by atoms with van der Waals surface area (Å²) >= 11 is 0. The highest BCUT2D eigenvalue weighted by Crippen LogP contribution is 2.31. The Labute approximate surface area is 95.8 Å². The third-order valence-corrected chi connectivity index (χ3v) is 2.99. The van der Waals surface area contributed by atoms with Gasteiger partial charge in [0.2, 0.25) is 6.08 Å². The molecule has 0 radical (unpaired) electrons. The molecule has 1 aliphatic rings. The van der Waals surface area contributed by atoms with E-state index in [-0.39, 0.29) is 0 Å². The van der Waals surface area contributed by atoms with Crippen molar-refractivity contribution in [1.29, 1.82) is 0 Å². The maximum Gasteiger partial charge on any atom is 0.240 e. The second kappa shape index (κ2) is 4.95. The van der Waals surface area contributed by atoms with E-state index in [1.54, 1.807) is 6.08 Å². The quantitative estimate of drug-likeness (QED) is 0.562. The fraction of sp³-hybridized carbons (Fsp3) is 0.462. The molecule has 16 heavy (non-hydrogen) atoms. The lowest BCUT2D eigenvalue weighted by Crippen LogP contribution is -2.29. The number of nitrogens with zero attached hydrogens (tertiary/aromatic N) is 2. The van der Waals surface area contributed by atoms with Crippen molar-refractivity contribution < 1.29 is 4.79 Å². The van der Waals surface area contributed by atoms with Crippen LogP contribution in [0.1, 0.15) is 24.8 Å². The van der Waals surface area contributed by atoms with Gasteiger partial charge in [-0.3, -0.25) is 0 Å². The molecule has 0 saturated carbocycles. The van der Waals surface area contributed by atoms with Gasteiger partial charge in [-0.05, 0) is 43.9 Å². The lowest BCUT2D eigenvalue weighted by molar-refractivity contribution is 0.565. The van der Waals surface area contributed by atoms with E-state index in [1.165, 1.54) is 19.3 Å². The second-order valence-corrected chi connectivity index (χ2v) is 4.24. The topological polar surface area (TPSA) is 32.7 Å². The van der Waals surface area contributed by atoms with Gasteiger partial charge in [-0.1, -0.05) is 6.07 Å². The van der Waals surface area contributed by atoms with Gasteiger partial charge in [0, 0.05) is 13.1 Å². The van der Waals surface area contributed by atoms with Crippen LogP contribution in [0.25, 0.3) is 0 Å². The summed E-state index contributed by atoms with van der Waals surface area (Å²) in [5.74, 6) is 0. The fourth-order valence-corrected chi connectivity index (χ4v) is 2.17. The van der Waals surface area contributed by atoms with Crippen LogP contribution in [-0.4, -0.2) is 19.2 Å². The number of hydrogen-bond donors (Lipinski definition) is 0. The molecule has 0 unspecified atom stereocenters. The first-order valence-electron chi connectivity index (χ1n) is 5.75. The summed E-state index contributed by atoms with van der Waals surface area (Å²) in [5, 5.41) is 0. The highest BCUT2D eigenvalue weighted by molar-refractivity contribution is 5.70. The van der Waals surface area contributed by atoms with Crippen molar-refractivity contribution in [2.75, 3.05) is 18.0 Å². The molecule has 1 fully saturated rings. The van der Waals surface area contributed by atoms with Crippen molar-refractivity contribution in [3.63, 3.8) is 0 Å². The summed E-state index contributed by atoms with van der Waals surface area (Å²) in [6.07, 6.45) is 5.38. The van der Waals surface area contributed by atoms with Gasteiger partial charge in [-0.15, -0.1) is 0 Å². The van der Waals surface area contributed by atoms with Crippen LogP contribution in [0.2, 0.25) is 0 Å². The van der Waals surface area contributed by atoms with Gasteiger partial charge in [0.1, 0.15) is 0 Å². The molecule has 0 spiro atoms. The minimum Gasteiger partial charge on any atom is -0.370 e. The van der Waals surface area contributed by atoms with Gasteiger partial charge in [0.15, 0.2) is 0 Å². The zero-order valence-electron chi connectivity index (χ0n) is 9.57. The highest BCUT2D eigenvalue weighted by atomic mass is 16.1. The van der Waals surface area contributed by atoms with Gasteiger partial charge in [-0.2, -0.15) is 4.99 Å². The van der Waals surface area contributed by atoms with Gasteiger partial charge in [0.05, 0.1) is 11.4 Å². The summed E-state index contributed by atoms with van der Waals surface area (Å²) in [5.41, 5.74) is 2.93. The average molecular weight is 216 g/mol. The van der Waals surface area contributed by atoms with Gasteiger partial charge in [0.25, 0.3) is 0 Å². The van der Waals surface area contributed by atoms with Crippen molar-refractivity contribution in [2.45, 2.75) is 26.2 Å². The van der Waals surface area contributed by atoms with Crippen LogP contribution in [0.4, 0.5) is 11.4 Å². The molecule has 3 heteroatoms. The van der Waals surface area contributed by atoms with Crippen LogP contribution in [0, 0.1) is 6.92 Å². The first-order valence-corrected chi connectivity index (χ1v) is 5.75.